The van der Waals surface area contributed by atoms with Gasteiger partial charge in [0.1, 0.15) is 0 Å². The highest BCUT2D eigenvalue weighted by Gasteiger charge is 2.22. The molecule has 88 valence electrons. The maximum atomic E-state index is 11.5. The van der Waals surface area contributed by atoms with E-state index in [2.05, 4.69) is 5.32 Å². The number of aliphatic carboxylic acids is 1. The van der Waals surface area contributed by atoms with E-state index in [1.54, 1.807) is 0 Å². The topological polar surface area (TPSA) is 66.4 Å². The van der Waals surface area contributed by atoms with Crippen molar-refractivity contribution < 1.29 is 14.7 Å². The van der Waals surface area contributed by atoms with Gasteiger partial charge in [0.2, 0.25) is 5.91 Å². The van der Waals surface area contributed by atoms with Gasteiger partial charge in [-0.2, -0.15) is 0 Å². The van der Waals surface area contributed by atoms with Gasteiger partial charge in [0, 0.05) is 18.4 Å². The molecule has 1 atom stereocenters. The van der Waals surface area contributed by atoms with Crippen LogP contribution in [0.2, 0.25) is 0 Å². The number of hydrogen-bond donors (Lipinski definition) is 2. The average molecular weight is 215 g/mol. The van der Waals surface area contributed by atoms with Crippen molar-refractivity contribution in [1.82, 2.24) is 5.32 Å². The summed E-state index contributed by atoms with van der Waals surface area (Å²) in [5, 5.41) is 11.4. The van der Waals surface area contributed by atoms with Crippen molar-refractivity contribution in [2.75, 3.05) is 6.54 Å². The number of hydrogen-bond acceptors (Lipinski definition) is 2. The molecular formula is C11H21NO3. The number of amides is 1. The first-order valence-electron chi connectivity index (χ1n) is 5.27. The van der Waals surface area contributed by atoms with Crippen LogP contribution in [0.15, 0.2) is 0 Å². The van der Waals surface area contributed by atoms with Crippen molar-refractivity contribution in [3.8, 4) is 0 Å². The minimum Gasteiger partial charge on any atom is -0.481 e. The van der Waals surface area contributed by atoms with E-state index in [9.17, 15) is 9.59 Å². The fraction of sp³-hybridized carbons (Fsp3) is 0.818. The molecule has 4 heteroatoms. The van der Waals surface area contributed by atoms with E-state index >= 15 is 0 Å². The number of carboxylic acid groups (broad SMARTS) is 1. The third-order valence-electron chi connectivity index (χ3n) is 2.27. The zero-order valence-corrected chi connectivity index (χ0v) is 9.96. The van der Waals surface area contributed by atoms with E-state index in [0.717, 1.165) is 6.42 Å². The zero-order chi connectivity index (χ0) is 12.1. The van der Waals surface area contributed by atoms with Crippen molar-refractivity contribution in [2.45, 2.75) is 40.5 Å². The molecule has 4 nitrogen and oxygen atoms in total. The molecule has 0 aliphatic heterocycles. The minimum absolute atomic E-state index is 0.0220. The number of nitrogens with one attached hydrogen (secondary N) is 1. The first kappa shape index (κ1) is 13.9. The second-order valence-corrected chi connectivity index (χ2v) is 4.83. The second-order valence-electron chi connectivity index (χ2n) is 4.83. The Balaban J connectivity index is 4.01. The van der Waals surface area contributed by atoms with Crippen molar-refractivity contribution in [2.24, 2.45) is 11.3 Å². The molecule has 15 heavy (non-hydrogen) atoms. The van der Waals surface area contributed by atoms with Gasteiger partial charge in [0.25, 0.3) is 0 Å². The molecular weight excluding hydrogens is 194 g/mol. The largest absolute Gasteiger partial charge is 0.481 e. The molecule has 0 rings (SSSR count). The van der Waals surface area contributed by atoms with Crippen LogP contribution in [-0.4, -0.2) is 23.5 Å². The molecule has 0 aliphatic rings. The number of carboxylic acids is 1. The van der Waals surface area contributed by atoms with E-state index in [4.69, 9.17) is 5.11 Å². The van der Waals surface area contributed by atoms with E-state index in [1.165, 1.54) is 0 Å². The van der Waals surface area contributed by atoms with Crippen LogP contribution in [0.1, 0.15) is 40.5 Å². The van der Waals surface area contributed by atoms with Gasteiger partial charge in [-0.1, -0.05) is 34.1 Å². The maximum Gasteiger partial charge on any atom is 0.303 e. The summed E-state index contributed by atoms with van der Waals surface area (Å²) in [7, 11) is 0. The second kappa shape index (κ2) is 5.73. The molecule has 0 aromatic carbocycles. The lowest BCUT2D eigenvalue weighted by molar-refractivity contribution is -0.138. The van der Waals surface area contributed by atoms with Gasteiger partial charge in [-0.25, -0.2) is 0 Å². The van der Waals surface area contributed by atoms with Crippen LogP contribution < -0.4 is 5.32 Å². The van der Waals surface area contributed by atoms with Crippen molar-refractivity contribution in [1.29, 1.82) is 0 Å². The van der Waals surface area contributed by atoms with Crippen LogP contribution in [0, 0.1) is 11.3 Å². The fourth-order valence-electron chi connectivity index (χ4n) is 1.11. The van der Waals surface area contributed by atoms with Gasteiger partial charge in [-0.05, 0) is 5.92 Å². The van der Waals surface area contributed by atoms with Gasteiger partial charge < -0.3 is 10.4 Å². The number of carbonyl (C=O) groups is 2. The van der Waals surface area contributed by atoms with E-state index in [0.29, 0.717) is 6.54 Å². The first-order chi connectivity index (χ1) is 6.77. The fourth-order valence-corrected chi connectivity index (χ4v) is 1.11. The Hall–Kier alpha value is -1.06. The predicted molar refractivity (Wildman–Crippen MR) is 58.5 cm³/mol. The lowest BCUT2D eigenvalue weighted by Crippen LogP contribution is -2.38. The molecule has 0 spiro atoms. The van der Waals surface area contributed by atoms with Gasteiger partial charge in [0.15, 0.2) is 0 Å². The normalized spacial score (nSPS) is 13.3. The summed E-state index contributed by atoms with van der Waals surface area (Å²) >= 11 is 0. The monoisotopic (exact) mass is 215 g/mol. The quantitative estimate of drug-likeness (QED) is 0.732. The van der Waals surface area contributed by atoms with Crippen LogP contribution in [0.3, 0.4) is 0 Å². The van der Waals surface area contributed by atoms with E-state index in [-0.39, 0.29) is 18.2 Å². The number of carbonyl (C=O) groups excluding carboxylic acids is 1. The summed E-state index contributed by atoms with van der Waals surface area (Å²) in [5.74, 6) is -0.827. The van der Waals surface area contributed by atoms with E-state index in [1.807, 2.05) is 27.7 Å². The molecule has 2 N–H and O–H groups in total. The highest BCUT2D eigenvalue weighted by molar-refractivity contribution is 5.81. The van der Waals surface area contributed by atoms with E-state index < -0.39 is 11.4 Å². The third-order valence-corrected chi connectivity index (χ3v) is 2.27. The summed E-state index contributed by atoms with van der Waals surface area (Å²) < 4.78 is 0. The molecule has 0 aliphatic carbocycles. The third kappa shape index (κ3) is 6.10. The summed E-state index contributed by atoms with van der Waals surface area (Å²) in [5.41, 5.74) is -0.415. The molecule has 1 amide bonds. The lowest BCUT2D eigenvalue weighted by atomic mass is 9.95. The number of rotatable bonds is 5. The predicted octanol–water partition coefficient (Wildman–Crippen LogP) is 1.65. The van der Waals surface area contributed by atoms with Gasteiger partial charge >= 0.3 is 5.97 Å². The Labute approximate surface area is 91.1 Å². The Morgan fingerprint density at radius 1 is 1.33 bits per heavy atom. The average Bonchev–Trinajstić information content (AvgIpc) is 2.09. The Kier molecular flexibility index (Phi) is 5.33. The molecule has 0 radical (unpaired) electrons. The SMILES string of the molecule is CCC(CNC(=O)C(C)(C)C)CC(=O)O. The van der Waals surface area contributed by atoms with Gasteiger partial charge in [-0.15, -0.1) is 0 Å². The smallest absolute Gasteiger partial charge is 0.303 e. The van der Waals surface area contributed by atoms with Crippen molar-refractivity contribution >= 4 is 11.9 Å². The molecule has 1 unspecified atom stereocenters. The first-order valence-corrected chi connectivity index (χ1v) is 5.27. The van der Waals surface area contributed by atoms with Crippen molar-refractivity contribution in [3.05, 3.63) is 0 Å². The Morgan fingerprint density at radius 3 is 2.20 bits per heavy atom. The zero-order valence-electron chi connectivity index (χ0n) is 9.96. The van der Waals surface area contributed by atoms with Gasteiger partial charge in [0.05, 0.1) is 0 Å². The lowest BCUT2D eigenvalue weighted by Gasteiger charge is -2.20. The maximum absolute atomic E-state index is 11.5. The minimum atomic E-state index is -0.813. The Morgan fingerprint density at radius 2 is 1.87 bits per heavy atom. The molecule has 0 aromatic heterocycles. The van der Waals surface area contributed by atoms with Crippen LogP contribution in [0.4, 0.5) is 0 Å². The van der Waals surface area contributed by atoms with Crippen LogP contribution >= 0.6 is 0 Å². The summed E-state index contributed by atoms with van der Waals surface area (Å²) in [6.45, 7) is 7.87. The van der Waals surface area contributed by atoms with Crippen LogP contribution in [0.5, 0.6) is 0 Å². The summed E-state index contributed by atoms with van der Waals surface area (Å²) in [6.07, 6.45) is 0.873. The molecule has 0 saturated carbocycles. The molecule has 0 aromatic rings. The molecule has 0 saturated heterocycles. The summed E-state index contributed by atoms with van der Waals surface area (Å²) in [6, 6.07) is 0. The summed E-state index contributed by atoms with van der Waals surface area (Å²) in [4.78, 5) is 22.0. The van der Waals surface area contributed by atoms with Crippen LogP contribution in [-0.2, 0) is 9.59 Å². The van der Waals surface area contributed by atoms with Crippen molar-refractivity contribution in [3.63, 3.8) is 0 Å². The van der Waals surface area contributed by atoms with Crippen LogP contribution in [0.25, 0.3) is 0 Å². The molecule has 0 bridgehead atoms. The Bertz CT molecular complexity index is 230. The standard InChI is InChI=1S/C11H21NO3/c1-5-8(6-9(13)14)7-12-10(15)11(2,3)4/h8H,5-7H2,1-4H3,(H,12,15)(H,13,14). The molecule has 0 heterocycles. The highest BCUT2D eigenvalue weighted by atomic mass is 16.4. The highest BCUT2D eigenvalue weighted by Crippen LogP contribution is 2.13. The van der Waals surface area contributed by atoms with Gasteiger partial charge in [-0.3, -0.25) is 9.59 Å². The molecule has 0 fully saturated rings.